The van der Waals surface area contributed by atoms with Crippen molar-refractivity contribution in [2.75, 3.05) is 45.8 Å². The monoisotopic (exact) mass is 374 g/mol. The van der Waals surface area contributed by atoms with Crippen LogP contribution in [-0.4, -0.2) is 57.2 Å². The van der Waals surface area contributed by atoms with E-state index in [-0.39, 0.29) is 11.8 Å². The fourth-order valence-electron chi connectivity index (χ4n) is 4.30. The van der Waals surface area contributed by atoms with E-state index >= 15 is 0 Å². The summed E-state index contributed by atoms with van der Waals surface area (Å²) < 4.78 is 15.9. The highest BCUT2D eigenvalue weighted by atomic mass is 16.5. The Labute approximate surface area is 158 Å². The van der Waals surface area contributed by atoms with Gasteiger partial charge in [-0.15, -0.1) is 0 Å². The van der Waals surface area contributed by atoms with Crippen molar-refractivity contribution in [3.8, 4) is 11.5 Å². The molecule has 1 aliphatic heterocycles. The SMILES string of the molecule is COc1ccc(NC(=O)C2(C3(C(=O)N4CCOCC4)CC3)CC2)cc1OC. The Hall–Kier alpha value is -2.28. The molecule has 1 aromatic rings. The van der Waals surface area contributed by atoms with E-state index < -0.39 is 10.8 Å². The van der Waals surface area contributed by atoms with Gasteiger partial charge in [0.25, 0.3) is 0 Å². The van der Waals surface area contributed by atoms with Gasteiger partial charge < -0.3 is 24.4 Å². The molecule has 2 aliphatic carbocycles. The van der Waals surface area contributed by atoms with E-state index in [0.717, 1.165) is 25.7 Å². The van der Waals surface area contributed by atoms with Crippen molar-refractivity contribution in [1.29, 1.82) is 0 Å². The molecule has 0 bridgehead atoms. The Morgan fingerprint density at radius 2 is 1.63 bits per heavy atom. The molecule has 146 valence electrons. The molecular weight excluding hydrogens is 348 g/mol. The zero-order valence-corrected chi connectivity index (χ0v) is 15.9. The van der Waals surface area contributed by atoms with Crippen LogP contribution >= 0.6 is 0 Å². The molecule has 2 saturated carbocycles. The maximum Gasteiger partial charge on any atom is 0.231 e. The number of benzene rings is 1. The Morgan fingerprint density at radius 1 is 1.00 bits per heavy atom. The predicted molar refractivity (Wildman–Crippen MR) is 98.9 cm³/mol. The topological polar surface area (TPSA) is 77.1 Å². The summed E-state index contributed by atoms with van der Waals surface area (Å²) in [5.41, 5.74) is -0.445. The van der Waals surface area contributed by atoms with Gasteiger partial charge in [-0.3, -0.25) is 9.59 Å². The van der Waals surface area contributed by atoms with E-state index in [9.17, 15) is 9.59 Å². The number of carbonyl (C=O) groups is 2. The van der Waals surface area contributed by atoms with E-state index in [4.69, 9.17) is 14.2 Å². The molecule has 7 heteroatoms. The minimum absolute atomic E-state index is 0.0613. The van der Waals surface area contributed by atoms with Crippen molar-refractivity contribution >= 4 is 17.5 Å². The molecule has 1 N–H and O–H groups in total. The quantitative estimate of drug-likeness (QED) is 0.825. The summed E-state index contributed by atoms with van der Waals surface area (Å²) in [6.45, 7) is 2.39. The van der Waals surface area contributed by atoms with Gasteiger partial charge in [0.2, 0.25) is 11.8 Å². The molecule has 4 rings (SSSR count). The van der Waals surface area contributed by atoms with Crippen molar-refractivity contribution in [2.45, 2.75) is 25.7 Å². The lowest BCUT2D eigenvalue weighted by atomic mass is 9.83. The lowest BCUT2D eigenvalue weighted by molar-refractivity contribution is -0.147. The second kappa shape index (κ2) is 6.71. The van der Waals surface area contributed by atoms with Gasteiger partial charge in [-0.05, 0) is 37.8 Å². The summed E-state index contributed by atoms with van der Waals surface area (Å²) in [4.78, 5) is 28.2. The number of nitrogens with zero attached hydrogens (tertiary/aromatic N) is 1. The van der Waals surface area contributed by atoms with Crippen molar-refractivity contribution in [1.82, 2.24) is 4.90 Å². The molecule has 0 radical (unpaired) electrons. The smallest absolute Gasteiger partial charge is 0.231 e. The van der Waals surface area contributed by atoms with Crippen LogP contribution < -0.4 is 14.8 Å². The molecule has 0 spiro atoms. The maximum absolute atomic E-state index is 13.2. The average molecular weight is 374 g/mol. The van der Waals surface area contributed by atoms with Crippen molar-refractivity contribution in [2.24, 2.45) is 10.8 Å². The largest absolute Gasteiger partial charge is 0.493 e. The standard InChI is InChI=1S/C20H26N2O5/c1-25-15-4-3-14(13-16(15)26-2)21-17(23)19(5-6-19)20(7-8-20)18(24)22-9-11-27-12-10-22/h3-4,13H,5-12H2,1-2H3,(H,21,23). The van der Waals surface area contributed by atoms with Crippen LogP contribution in [0.2, 0.25) is 0 Å². The summed E-state index contributed by atoms with van der Waals surface area (Å²) >= 11 is 0. The fraction of sp³-hybridized carbons (Fsp3) is 0.600. The number of nitrogens with one attached hydrogen (secondary N) is 1. The molecule has 7 nitrogen and oxygen atoms in total. The van der Waals surface area contributed by atoms with Gasteiger partial charge in [0.05, 0.1) is 38.3 Å². The van der Waals surface area contributed by atoms with E-state index in [1.807, 2.05) is 4.90 Å². The fourth-order valence-corrected chi connectivity index (χ4v) is 4.30. The van der Waals surface area contributed by atoms with Crippen LogP contribution in [0.25, 0.3) is 0 Å². The first kappa shape index (κ1) is 18.1. The minimum Gasteiger partial charge on any atom is -0.493 e. The lowest BCUT2D eigenvalue weighted by Crippen LogP contribution is -2.49. The number of carbonyl (C=O) groups excluding carboxylic acids is 2. The lowest BCUT2D eigenvalue weighted by Gasteiger charge is -2.34. The molecule has 1 aromatic carbocycles. The normalized spacial score (nSPS) is 21.9. The van der Waals surface area contributed by atoms with E-state index in [1.54, 1.807) is 32.4 Å². The molecule has 2 amide bonds. The first-order valence-corrected chi connectivity index (χ1v) is 9.47. The number of hydrogen-bond donors (Lipinski definition) is 1. The van der Waals surface area contributed by atoms with Crippen molar-refractivity contribution in [3.63, 3.8) is 0 Å². The number of rotatable bonds is 6. The third kappa shape index (κ3) is 2.94. The molecule has 3 fully saturated rings. The van der Waals surface area contributed by atoms with Gasteiger partial charge in [0.15, 0.2) is 11.5 Å². The molecule has 3 aliphatic rings. The third-order valence-corrected chi connectivity index (χ3v) is 6.20. The van der Waals surface area contributed by atoms with Crippen LogP contribution in [-0.2, 0) is 14.3 Å². The van der Waals surface area contributed by atoms with Gasteiger partial charge >= 0.3 is 0 Å². The first-order chi connectivity index (χ1) is 13.1. The maximum atomic E-state index is 13.2. The third-order valence-electron chi connectivity index (χ3n) is 6.20. The van der Waals surface area contributed by atoms with E-state index in [2.05, 4.69) is 5.32 Å². The summed E-state index contributed by atoms with van der Waals surface area (Å²) in [5.74, 6) is 1.24. The van der Waals surface area contributed by atoms with Gasteiger partial charge in [-0.1, -0.05) is 0 Å². The summed E-state index contributed by atoms with van der Waals surface area (Å²) in [6, 6.07) is 5.30. The van der Waals surface area contributed by atoms with Crippen molar-refractivity contribution < 1.29 is 23.8 Å². The Bertz CT molecular complexity index is 749. The van der Waals surface area contributed by atoms with Gasteiger partial charge in [0, 0.05) is 24.8 Å². The van der Waals surface area contributed by atoms with Crippen LogP contribution in [0.5, 0.6) is 11.5 Å². The molecule has 0 unspecified atom stereocenters. The van der Waals surface area contributed by atoms with Crippen LogP contribution in [0.4, 0.5) is 5.69 Å². The summed E-state index contributed by atoms with van der Waals surface area (Å²) in [5, 5.41) is 3.00. The number of anilines is 1. The highest BCUT2D eigenvalue weighted by Crippen LogP contribution is 2.71. The molecular formula is C20H26N2O5. The van der Waals surface area contributed by atoms with Gasteiger partial charge in [0.1, 0.15) is 0 Å². The van der Waals surface area contributed by atoms with E-state index in [1.165, 1.54) is 0 Å². The van der Waals surface area contributed by atoms with Gasteiger partial charge in [-0.2, -0.15) is 0 Å². The molecule has 1 saturated heterocycles. The number of morpholine rings is 1. The zero-order valence-electron chi connectivity index (χ0n) is 15.9. The van der Waals surface area contributed by atoms with Crippen LogP contribution in [0, 0.1) is 10.8 Å². The predicted octanol–water partition coefficient (Wildman–Crippen LogP) is 2.06. The summed E-state index contributed by atoms with van der Waals surface area (Å²) in [7, 11) is 3.13. The first-order valence-electron chi connectivity index (χ1n) is 9.47. The number of methoxy groups -OCH3 is 2. The van der Waals surface area contributed by atoms with Crippen LogP contribution in [0.15, 0.2) is 18.2 Å². The number of hydrogen-bond acceptors (Lipinski definition) is 5. The number of ether oxygens (including phenoxy) is 3. The second-order valence-electron chi connectivity index (χ2n) is 7.59. The zero-order chi connectivity index (χ0) is 19.1. The highest BCUT2D eigenvalue weighted by molar-refractivity contribution is 6.03. The Morgan fingerprint density at radius 3 is 2.19 bits per heavy atom. The van der Waals surface area contributed by atoms with Gasteiger partial charge in [-0.25, -0.2) is 0 Å². The van der Waals surface area contributed by atoms with Crippen molar-refractivity contribution in [3.05, 3.63) is 18.2 Å². The second-order valence-corrected chi connectivity index (χ2v) is 7.59. The highest BCUT2D eigenvalue weighted by Gasteiger charge is 2.73. The van der Waals surface area contributed by atoms with Crippen LogP contribution in [0.3, 0.4) is 0 Å². The average Bonchev–Trinajstić information content (AvgIpc) is 3.61. The van der Waals surface area contributed by atoms with Crippen LogP contribution in [0.1, 0.15) is 25.7 Å². The Balaban J connectivity index is 1.51. The Kier molecular flexibility index (Phi) is 4.50. The number of amides is 2. The molecule has 27 heavy (non-hydrogen) atoms. The minimum atomic E-state index is -0.574. The summed E-state index contributed by atoms with van der Waals surface area (Å²) in [6.07, 6.45) is 3.12. The van der Waals surface area contributed by atoms with E-state index in [0.29, 0.717) is 43.5 Å². The molecule has 1 heterocycles. The molecule has 0 atom stereocenters. The molecule has 0 aromatic heterocycles.